The molecule has 0 amide bonds. The van der Waals surface area contributed by atoms with Gasteiger partial charge in [-0.25, -0.2) is 8.42 Å². The number of rotatable bonds is 6. The van der Waals surface area contributed by atoms with Gasteiger partial charge in [-0.3, -0.25) is 0 Å². The highest BCUT2D eigenvalue weighted by Gasteiger charge is 2.29. The maximum atomic E-state index is 12.4. The average Bonchev–Trinajstić information content (AvgIpc) is 2.87. The largest absolute Gasteiger partial charge is 0.301 e. The van der Waals surface area contributed by atoms with Gasteiger partial charge < -0.3 is 4.90 Å². The van der Waals surface area contributed by atoms with Crippen LogP contribution in [0.5, 0.6) is 0 Å². The minimum atomic E-state index is -3.35. The normalized spacial score (nSPS) is 18.5. The van der Waals surface area contributed by atoms with Crippen molar-refractivity contribution in [3.8, 4) is 0 Å². The van der Waals surface area contributed by atoms with Crippen molar-refractivity contribution >= 4 is 33.0 Å². The Kier molecular flexibility index (Phi) is 5.86. The van der Waals surface area contributed by atoms with E-state index in [0.29, 0.717) is 21.6 Å². The van der Waals surface area contributed by atoms with Crippen LogP contribution >= 0.6 is 22.9 Å². The lowest BCUT2D eigenvalue weighted by atomic mass is 10.2. The minimum Gasteiger partial charge on any atom is -0.301 e. The smallest absolute Gasteiger partial charge is 0.252 e. The molecule has 1 aliphatic rings. The van der Waals surface area contributed by atoms with Crippen molar-refractivity contribution in [2.45, 2.75) is 30.4 Å². The molecule has 1 saturated heterocycles. The molecule has 0 N–H and O–H groups in total. The number of thiophene rings is 1. The van der Waals surface area contributed by atoms with Crippen molar-refractivity contribution in [2.75, 3.05) is 32.7 Å². The topological polar surface area (TPSA) is 40.6 Å². The Labute approximate surface area is 130 Å². The van der Waals surface area contributed by atoms with Crippen LogP contribution in [0.15, 0.2) is 16.3 Å². The summed E-state index contributed by atoms with van der Waals surface area (Å²) in [6.07, 6.45) is 3.66. The maximum Gasteiger partial charge on any atom is 0.252 e. The number of hydrogen-bond acceptors (Lipinski definition) is 4. The van der Waals surface area contributed by atoms with Crippen molar-refractivity contribution < 1.29 is 8.42 Å². The Hall–Kier alpha value is -0.140. The second-order valence-electron chi connectivity index (χ2n) is 5.01. The molecule has 0 atom stereocenters. The standard InChI is InChI=1S/C13H21ClN2O2S2/c1-2-3-4-7-15-8-10-16(11-9-15)20(17,18)13-6-5-12(14)19-13/h5-6H,2-4,7-11H2,1H3. The predicted molar refractivity (Wildman–Crippen MR) is 84.1 cm³/mol. The molecule has 2 rings (SSSR count). The number of piperazine rings is 1. The van der Waals surface area contributed by atoms with Crippen LogP contribution in [-0.4, -0.2) is 50.3 Å². The van der Waals surface area contributed by atoms with Gasteiger partial charge in [-0.1, -0.05) is 31.4 Å². The first-order valence-corrected chi connectivity index (χ1v) is 9.65. The number of unbranched alkanes of at least 4 members (excludes halogenated alkanes) is 2. The van der Waals surface area contributed by atoms with E-state index in [9.17, 15) is 8.42 Å². The van der Waals surface area contributed by atoms with Crippen molar-refractivity contribution in [3.63, 3.8) is 0 Å². The molecule has 4 nitrogen and oxygen atoms in total. The van der Waals surface area contributed by atoms with Crippen LogP contribution in [0.3, 0.4) is 0 Å². The van der Waals surface area contributed by atoms with E-state index in [0.717, 1.165) is 31.0 Å². The van der Waals surface area contributed by atoms with E-state index in [2.05, 4.69) is 11.8 Å². The van der Waals surface area contributed by atoms with E-state index in [-0.39, 0.29) is 0 Å². The SMILES string of the molecule is CCCCCN1CCN(S(=O)(=O)c2ccc(Cl)s2)CC1. The summed E-state index contributed by atoms with van der Waals surface area (Å²) in [5, 5.41) is 0. The molecule has 1 aromatic heterocycles. The quantitative estimate of drug-likeness (QED) is 0.750. The van der Waals surface area contributed by atoms with Crippen molar-refractivity contribution in [1.29, 1.82) is 0 Å². The molecule has 0 aliphatic carbocycles. The van der Waals surface area contributed by atoms with Gasteiger partial charge in [0.15, 0.2) is 0 Å². The molecule has 20 heavy (non-hydrogen) atoms. The van der Waals surface area contributed by atoms with Gasteiger partial charge in [0.1, 0.15) is 4.21 Å². The third-order valence-corrected chi connectivity index (χ3v) is 7.15. The summed E-state index contributed by atoms with van der Waals surface area (Å²) >= 11 is 6.95. The molecular formula is C13H21ClN2O2S2. The Morgan fingerprint density at radius 3 is 2.45 bits per heavy atom. The van der Waals surface area contributed by atoms with Crippen LogP contribution in [0.4, 0.5) is 0 Å². The van der Waals surface area contributed by atoms with Crippen LogP contribution in [0, 0.1) is 0 Å². The lowest BCUT2D eigenvalue weighted by molar-refractivity contribution is 0.185. The van der Waals surface area contributed by atoms with Crippen LogP contribution in [0.2, 0.25) is 4.34 Å². The van der Waals surface area contributed by atoms with Gasteiger partial charge in [-0.05, 0) is 25.1 Å². The summed E-state index contributed by atoms with van der Waals surface area (Å²) in [5.74, 6) is 0. The molecule has 2 heterocycles. The van der Waals surface area contributed by atoms with Crippen LogP contribution < -0.4 is 0 Å². The maximum absolute atomic E-state index is 12.4. The minimum absolute atomic E-state index is 0.349. The fraction of sp³-hybridized carbons (Fsp3) is 0.692. The molecule has 1 aromatic rings. The van der Waals surface area contributed by atoms with Crippen LogP contribution in [0.25, 0.3) is 0 Å². The Bertz CT molecular complexity index is 522. The Morgan fingerprint density at radius 1 is 1.20 bits per heavy atom. The van der Waals surface area contributed by atoms with E-state index in [1.807, 2.05) is 0 Å². The lowest BCUT2D eigenvalue weighted by Gasteiger charge is -2.33. The molecular weight excluding hydrogens is 316 g/mol. The first kappa shape index (κ1) is 16.2. The van der Waals surface area contributed by atoms with Gasteiger partial charge in [-0.2, -0.15) is 4.31 Å². The molecule has 1 fully saturated rings. The van der Waals surface area contributed by atoms with E-state index in [1.165, 1.54) is 19.3 Å². The molecule has 0 saturated carbocycles. The summed E-state index contributed by atoms with van der Waals surface area (Å²) in [6, 6.07) is 3.23. The van der Waals surface area contributed by atoms with Gasteiger partial charge in [-0.15, -0.1) is 11.3 Å². The van der Waals surface area contributed by atoms with Gasteiger partial charge in [0.05, 0.1) is 4.34 Å². The second kappa shape index (κ2) is 7.22. The molecule has 7 heteroatoms. The zero-order chi connectivity index (χ0) is 14.6. The van der Waals surface area contributed by atoms with Gasteiger partial charge in [0, 0.05) is 26.2 Å². The Balaban J connectivity index is 1.90. The summed E-state index contributed by atoms with van der Waals surface area (Å²) in [7, 11) is -3.35. The average molecular weight is 337 g/mol. The molecule has 1 aliphatic heterocycles. The van der Waals surface area contributed by atoms with Gasteiger partial charge in [0.2, 0.25) is 0 Å². The number of nitrogens with zero attached hydrogens (tertiary/aromatic N) is 2. The first-order chi connectivity index (χ1) is 9.54. The van der Waals surface area contributed by atoms with Crippen LogP contribution in [0.1, 0.15) is 26.2 Å². The summed E-state index contributed by atoms with van der Waals surface area (Å²) in [5.41, 5.74) is 0. The van der Waals surface area contributed by atoms with E-state index in [1.54, 1.807) is 16.4 Å². The van der Waals surface area contributed by atoms with E-state index >= 15 is 0 Å². The molecule has 114 valence electrons. The lowest BCUT2D eigenvalue weighted by Crippen LogP contribution is -2.48. The van der Waals surface area contributed by atoms with Crippen LogP contribution in [-0.2, 0) is 10.0 Å². The van der Waals surface area contributed by atoms with Crippen molar-refractivity contribution in [3.05, 3.63) is 16.5 Å². The fourth-order valence-electron chi connectivity index (χ4n) is 2.34. The van der Waals surface area contributed by atoms with E-state index in [4.69, 9.17) is 11.6 Å². The molecule has 0 spiro atoms. The predicted octanol–water partition coefficient (Wildman–Crippen LogP) is 2.90. The molecule has 0 bridgehead atoms. The highest BCUT2D eigenvalue weighted by atomic mass is 35.5. The highest BCUT2D eigenvalue weighted by Crippen LogP contribution is 2.28. The molecule has 0 unspecified atom stereocenters. The Morgan fingerprint density at radius 2 is 1.90 bits per heavy atom. The fourth-order valence-corrected chi connectivity index (χ4v) is 5.40. The second-order valence-corrected chi connectivity index (χ2v) is 8.89. The monoisotopic (exact) mass is 336 g/mol. The molecule has 0 radical (unpaired) electrons. The first-order valence-electron chi connectivity index (χ1n) is 7.02. The third kappa shape index (κ3) is 3.95. The summed E-state index contributed by atoms with van der Waals surface area (Å²) in [4.78, 5) is 2.35. The summed E-state index contributed by atoms with van der Waals surface area (Å²) < 4.78 is 27.3. The van der Waals surface area contributed by atoms with Gasteiger partial charge >= 0.3 is 0 Å². The summed E-state index contributed by atoms with van der Waals surface area (Å²) in [6.45, 7) is 6.06. The zero-order valence-corrected chi connectivity index (χ0v) is 14.1. The third-order valence-electron chi connectivity index (χ3n) is 3.55. The zero-order valence-electron chi connectivity index (χ0n) is 11.7. The number of hydrogen-bond donors (Lipinski definition) is 0. The van der Waals surface area contributed by atoms with E-state index < -0.39 is 10.0 Å². The van der Waals surface area contributed by atoms with Crippen molar-refractivity contribution in [1.82, 2.24) is 9.21 Å². The number of halogens is 1. The molecule has 0 aromatic carbocycles. The van der Waals surface area contributed by atoms with Gasteiger partial charge in [0.25, 0.3) is 10.0 Å². The van der Waals surface area contributed by atoms with Crippen molar-refractivity contribution in [2.24, 2.45) is 0 Å². The highest BCUT2D eigenvalue weighted by molar-refractivity contribution is 7.91. The number of sulfonamides is 1.